The van der Waals surface area contributed by atoms with E-state index in [-0.39, 0.29) is 0 Å². The number of fused-ring (bicyclic) bond motifs is 1. The molecule has 2 aromatic heterocycles. The molecule has 0 spiro atoms. The van der Waals surface area contributed by atoms with Crippen LogP contribution in [0.15, 0.2) is 34.7 Å². The fraction of sp³-hybridized carbons (Fsp3) is 0.154. The molecule has 0 saturated carbocycles. The fourth-order valence-corrected chi connectivity index (χ4v) is 2.59. The summed E-state index contributed by atoms with van der Waals surface area (Å²) in [6.07, 6.45) is 0. The molecule has 0 atom stereocenters. The molecule has 3 aromatic rings. The molecule has 0 aliphatic heterocycles. The van der Waals surface area contributed by atoms with Crippen molar-refractivity contribution in [3.05, 3.63) is 40.1 Å². The maximum absolute atomic E-state index is 5.70. The van der Waals surface area contributed by atoms with E-state index in [0.717, 1.165) is 17.6 Å². The Kier molecular flexibility index (Phi) is 2.68. The van der Waals surface area contributed by atoms with E-state index in [1.54, 1.807) is 23.5 Å². The van der Waals surface area contributed by atoms with Crippen molar-refractivity contribution < 1.29 is 4.42 Å². The van der Waals surface area contributed by atoms with Gasteiger partial charge in [-0.15, -0.1) is 11.3 Å². The van der Waals surface area contributed by atoms with Crippen LogP contribution >= 0.6 is 11.3 Å². The average molecular weight is 259 g/mol. The van der Waals surface area contributed by atoms with Crippen LogP contribution in [-0.2, 0) is 6.54 Å². The first-order chi connectivity index (χ1) is 8.70. The van der Waals surface area contributed by atoms with Crippen LogP contribution in [0, 0.1) is 6.92 Å². The summed E-state index contributed by atoms with van der Waals surface area (Å²) in [4.78, 5) is 6.90. The van der Waals surface area contributed by atoms with Crippen molar-refractivity contribution in [2.75, 3.05) is 11.1 Å². The predicted molar refractivity (Wildman–Crippen MR) is 74.8 cm³/mol. The highest BCUT2D eigenvalue weighted by Crippen LogP contribution is 2.22. The monoisotopic (exact) mass is 259 g/mol. The van der Waals surface area contributed by atoms with E-state index in [0.29, 0.717) is 11.7 Å². The normalized spacial score (nSPS) is 10.9. The smallest absolute Gasteiger partial charge is 0.295 e. The minimum Gasteiger partial charge on any atom is -0.424 e. The second kappa shape index (κ2) is 4.34. The molecule has 5 heteroatoms. The van der Waals surface area contributed by atoms with Crippen molar-refractivity contribution in [2.24, 2.45) is 0 Å². The molecule has 0 aliphatic rings. The van der Waals surface area contributed by atoms with Gasteiger partial charge in [-0.25, -0.2) is 0 Å². The lowest BCUT2D eigenvalue weighted by atomic mass is 10.3. The number of nitrogens with one attached hydrogen (secondary N) is 1. The zero-order chi connectivity index (χ0) is 12.5. The maximum atomic E-state index is 5.70. The second-order valence-electron chi connectivity index (χ2n) is 4.11. The van der Waals surface area contributed by atoms with E-state index in [2.05, 4.69) is 29.4 Å². The molecule has 0 amide bonds. The molecule has 0 radical (unpaired) electrons. The van der Waals surface area contributed by atoms with Gasteiger partial charge in [0.25, 0.3) is 6.01 Å². The highest BCUT2D eigenvalue weighted by Gasteiger charge is 2.06. The molecule has 3 rings (SSSR count). The molecular weight excluding hydrogens is 246 g/mol. The van der Waals surface area contributed by atoms with Crippen LogP contribution in [0.25, 0.3) is 11.1 Å². The summed E-state index contributed by atoms with van der Waals surface area (Å²) in [5.74, 6) is 0. The molecule has 18 heavy (non-hydrogen) atoms. The topological polar surface area (TPSA) is 64.1 Å². The minimum absolute atomic E-state index is 0.529. The standard InChI is InChI=1S/C13H13N3OS/c1-8-2-4-10(18-8)7-15-13-16-11-6-9(14)3-5-12(11)17-13/h2-6H,7,14H2,1H3,(H,15,16). The van der Waals surface area contributed by atoms with Gasteiger partial charge in [-0.3, -0.25) is 0 Å². The molecule has 0 unspecified atom stereocenters. The molecule has 92 valence electrons. The Morgan fingerprint density at radius 1 is 1.33 bits per heavy atom. The summed E-state index contributed by atoms with van der Waals surface area (Å²) in [5, 5.41) is 3.17. The van der Waals surface area contributed by atoms with Gasteiger partial charge in [0.2, 0.25) is 0 Å². The van der Waals surface area contributed by atoms with Crippen LogP contribution in [0.5, 0.6) is 0 Å². The first-order valence-electron chi connectivity index (χ1n) is 5.66. The SMILES string of the molecule is Cc1ccc(CNc2nc3cc(N)ccc3o2)s1. The number of anilines is 2. The molecule has 0 fully saturated rings. The Bertz CT molecular complexity index is 686. The minimum atomic E-state index is 0.529. The molecular formula is C13H13N3OS. The van der Waals surface area contributed by atoms with Crippen molar-refractivity contribution in [2.45, 2.75) is 13.5 Å². The highest BCUT2D eigenvalue weighted by atomic mass is 32.1. The van der Waals surface area contributed by atoms with E-state index in [4.69, 9.17) is 10.2 Å². The van der Waals surface area contributed by atoms with E-state index >= 15 is 0 Å². The van der Waals surface area contributed by atoms with Crippen molar-refractivity contribution in [3.63, 3.8) is 0 Å². The number of aryl methyl sites for hydroxylation is 1. The highest BCUT2D eigenvalue weighted by molar-refractivity contribution is 7.11. The van der Waals surface area contributed by atoms with Gasteiger partial charge in [0.1, 0.15) is 5.52 Å². The van der Waals surface area contributed by atoms with Crippen LogP contribution in [0.2, 0.25) is 0 Å². The summed E-state index contributed by atoms with van der Waals surface area (Å²) in [6, 6.07) is 10.2. The fourth-order valence-electron chi connectivity index (χ4n) is 1.76. The van der Waals surface area contributed by atoms with Crippen molar-refractivity contribution in [1.82, 2.24) is 4.98 Å². The number of nitrogens with zero attached hydrogens (tertiary/aromatic N) is 1. The summed E-state index contributed by atoms with van der Waals surface area (Å²) < 4.78 is 5.58. The van der Waals surface area contributed by atoms with Gasteiger partial charge in [0.15, 0.2) is 5.58 Å². The summed E-state index contributed by atoms with van der Waals surface area (Å²) in [7, 11) is 0. The first kappa shape index (κ1) is 11.1. The molecule has 1 aromatic carbocycles. The van der Waals surface area contributed by atoms with Crippen molar-refractivity contribution >= 4 is 34.1 Å². The van der Waals surface area contributed by atoms with E-state index in [9.17, 15) is 0 Å². The van der Waals surface area contributed by atoms with Gasteiger partial charge < -0.3 is 15.5 Å². The number of aromatic nitrogens is 1. The zero-order valence-corrected chi connectivity index (χ0v) is 10.8. The van der Waals surface area contributed by atoms with Crippen LogP contribution in [0.4, 0.5) is 11.7 Å². The van der Waals surface area contributed by atoms with Crippen LogP contribution in [0.3, 0.4) is 0 Å². The predicted octanol–water partition coefficient (Wildman–Crippen LogP) is 3.39. The van der Waals surface area contributed by atoms with E-state index < -0.39 is 0 Å². The van der Waals surface area contributed by atoms with Crippen molar-refractivity contribution in [1.29, 1.82) is 0 Å². The third-order valence-corrected chi connectivity index (χ3v) is 3.62. The van der Waals surface area contributed by atoms with Gasteiger partial charge >= 0.3 is 0 Å². The van der Waals surface area contributed by atoms with Gasteiger partial charge in [0.05, 0.1) is 6.54 Å². The van der Waals surface area contributed by atoms with E-state index in [1.807, 2.05) is 6.07 Å². The van der Waals surface area contributed by atoms with Gasteiger partial charge in [0, 0.05) is 15.4 Å². The Labute approximate surface area is 108 Å². The zero-order valence-electron chi connectivity index (χ0n) is 9.93. The average Bonchev–Trinajstić information content (AvgIpc) is 2.92. The van der Waals surface area contributed by atoms with Gasteiger partial charge in [-0.05, 0) is 37.3 Å². The third kappa shape index (κ3) is 2.17. The molecule has 2 heterocycles. The van der Waals surface area contributed by atoms with Crippen LogP contribution in [-0.4, -0.2) is 4.98 Å². The lowest BCUT2D eigenvalue weighted by Gasteiger charge is -1.97. The number of thiophene rings is 1. The second-order valence-corrected chi connectivity index (χ2v) is 5.48. The molecule has 4 nitrogen and oxygen atoms in total. The maximum Gasteiger partial charge on any atom is 0.295 e. The van der Waals surface area contributed by atoms with Crippen molar-refractivity contribution in [3.8, 4) is 0 Å². The Morgan fingerprint density at radius 3 is 3.00 bits per heavy atom. The lowest BCUT2D eigenvalue weighted by molar-refractivity contribution is 0.615. The number of oxazole rings is 1. The Hall–Kier alpha value is -2.01. The summed E-state index contributed by atoms with van der Waals surface area (Å²) in [6.45, 7) is 2.82. The number of nitrogens with two attached hydrogens (primary N) is 1. The molecule has 3 N–H and O–H groups in total. The molecule has 0 bridgehead atoms. The number of rotatable bonds is 3. The van der Waals surface area contributed by atoms with Crippen LogP contribution in [0.1, 0.15) is 9.75 Å². The number of hydrogen-bond donors (Lipinski definition) is 2. The third-order valence-electron chi connectivity index (χ3n) is 2.62. The van der Waals surface area contributed by atoms with Crippen LogP contribution < -0.4 is 11.1 Å². The quantitative estimate of drug-likeness (QED) is 0.708. The molecule has 0 saturated heterocycles. The van der Waals surface area contributed by atoms with Gasteiger partial charge in [-0.1, -0.05) is 0 Å². The lowest BCUT2D eigenvalue weighted by Crippen LogP contribution is -1.96. The van der Waals surface area contributed by atoms with E-state index in [1.165, 1.54) is 9.75 Å². The Morgan fingerprint density at radius 2 is 2.22 bits per heavy atom. The number of benzene rings is 1. The summed E-state index contributed by atoms with van der Waals surface area (Å²) in [5.41, 5.74) is 7.91. The molecule has 0 aliphatic carbocycles. The number of hydrogen-bond acceptors (Lipinski definition) is 5. The largest absolute Gasteiger partial charge is 0.424 e. The summed E-state index contributed by atoms with van der Waals surface area (Å²) >= 11 is 1.76. The Balaban J connectivity index is 1.78. The van der Waals surface area contributed by atoms with Gasteiger partial charge in [-0.2, -0.15) is 4.98 Å². The first-order valence-corrected chi connectivity index (χ1v) is 6.47. The number of nitrogen functional groups attached to an aromatic ring is 1.